The van der Waals surface area contributed by atoms with E-state index in [-0.39, 0.29) is 18.2 Å². The summed E-state index contributed by atoms with van der Waals surface area (Å²) in [4.78, 5) is 25.7. The van der Waals surface area contributed by atoms with Crippen molar-refractivity contribution in [3.63, 3.8) is 0 Å². The Bertz CT molecular complexity index is 742. The molecular formula is C19H21ClN2O2. The summed E-state index contributed by atoms with van der Waals surface area (Å²) < 4.78 is 0. The number of nitrogens with zero attached hydrogens (tertiary/aromatic N) is 1. The van der Waals surface area contributed by atoms with Crippen LogP contribution in [0, 0.1) is 13.8 Å². The van der Waals surface area contributed by atoms with Gasteiger partial charge in [-0.3, -0.25) is 9.59 Å². The van der Waals surface area contributed by atoms with Crippen molar-refractivity contribution < 1.29 is 9.59 Å². The number of rotatable bonds is 5. The molecule has 2 aromatic rings. The largest absolute Gasteiger partial charge is 0.326 e. The molecule has 1 N–H and O–H groups in total. The highest BCUT2D eigenvalue weighted by Crippen LogP contribution is 2.24. The van der Waals surface area contributed by atoms with Gasteiger partial charge in [-0.1, -0.05) is 35.4 Å². The summed E-state index contributed by atoms with van der Waals surface area (Å²) in [5.74, 6) is -0.256. The van der Waals surface area contributed by atoms with Crippen LogP contribution in [0.15, 0.2) is 42.5 Å². The minimum Gasteiger partial charge on any atom is -0.326 e. The van der Waals surface area contributed by atoms with Crippen molar-refractivity contribution in [1.82, 2.24) is 0 Å². The van der Waals surface area contributed by atoms with E-state index in [0.717, 1.165) is 22.5 Å². The van der Waals surface area contributed by atoms with Crippen LogP contribution in [0.25, 0.3) is 0 Å². The van der Waals surface area contributed by atoms with Gasteiger partial charge in [-0.15, -0.1) is 0 Å². The highest BCUT2D eigenvalue weighted by atomic mass is 35.5. The molecule has 0 fully saturated rings. The highest BCUT2D eigenvalue weighted by Gasteiger charge is 2.16. The van der Waals surface area contributed by atoms with E-state index in [1.165, 1.54) is 6.92 Å². The molecule has 0 aromatic heterocycles. The van der Waals surface area contributed by atoms with Crippen molar-refractivity contribution in [1.29, 1.82) is 0 Å². The fourth-order valence-electron chi connectivity index (χ4n) is 2.39. The van der Waals surface area contributed by atoms with Crippen molar-refractivity contribution >= 4 is 34.8 Å². The number of nitrogens with one attached hydrogen (secondary N) is 1. The fourth-order valence-corrected chi connectivity index (χ4v) is 2.56. The van der Waals surface area contributed by atoms with Crippen LogP contribution in [0.2, 0.25) is 5.02 Å². The van der Waals surface area contributed by atoms with Gasteiger partial charge in [0.15, 0.2) is 0 Å². The third-order valence-electron chi connectivity index (χ3n) is 3.74. The first-order chi connectivity index (χ1) is 11.4. The molecule has 126 valence electrons. The summed E-state index contributed by atoms with van der Waals surface area (Å²) in [6, 6.07) is 13.0. The molecule has 0 aliphatic rings. The topological polar surface area (TPSA) is 49.4 Å². The van der Waals surface area contributed by atoms with Crippen molar-refractivity contribution in [2.24, 2.45) is 0 Å². The van der Waals surface area contributed by atoms with Gasteiger partial charge in [-0.2, -0.15) is 0 Å². The third kappa shape index (κ3) is 4.83. The molecule has 0 spiro atoms. The van der Waals surface area contributed by atoms with Crippen LogP contribution in [0.5, 0.6) is 0 Å². The van der Waals surface area contributed by atoms with Crippen LogP contribution in [0.4, 0.5) is 11.4 Å². The Kier molecular flexibility index (Phi) is 5.99. The van der Waals surface area contributed by atoms with Crippen LogP contribution in [0.1, 0.15) is 24.5 Å². The summed E-state index contributed by atoms with van der Waals surface area (Å²) in [6.07, 6.45) is 0.208. The van der Waals surface area contributed by atoms with Crippen molar-refractivity contribution in [3.8, 4) is 0 Å². The number of aryl methyl sites for hydroxylation is 2. The Morgan fingerprint density at radius 1 is 1.08 bits per heavy atom. The molecule has 4 nitrogen and oxygen atoms in total. The minimum atomic E-state index is -0.134. The fraction of sp³-hybridized carbons (Fsp3) is 0.263. The molecule has 5 heteroatoms. The second kappa shape index (κ2) is 7.97. The van der Waals surface area contributed by atoms with Crippen LogP contribution < -0.4 is 10.2 Å². The maximum atomic E-state index is 12.1. The maximum Gasteiger partial charge on any atom is 0.226 e. The van der Waals surface area contributed by atoms with Gasteiger partial charge >= 0.3 is 0 Å². The van der Waals surface area contributed by atoms with E-state index < -0.39 is 0 Å². The number of carbonyl (C=O) groups is 2. The smallest absolute Gasteiger partial charge is 0.226 e. The van der Waals surface area contributed by atoms with Gasteiger partial charge in [0.2, 0.25) is 11.8 Å². The van der Waals surface area contributed by atoms with Crippen LogP contribution >= 0.6 is 11.6 Å². The van der Waals surface area contributed by atoms with Gasteiger partial charge in [-0.05, 0) is 43.7 Å². The lowest BCUT2D eigenvalue weighted by Gasteiger charge is -2.23. The van der Waals surface area contributed by atoms with Crippen LogP contribution in [-0.2, 0) is 9.59 Å². The lowest BCUT2D eigenvalue weighted by atomic mass is 10.1. The zero-order valence-corrected chi connectivity index (χ0v) is 14.9. The first-order valence-electron chi connectivity index (χ1n) is 7.77. The lowest BCUT2D eigenvalue weighted by molar-refractivity contribution is -0.117. The van der Waals surface area contributed by atoms with E-state index in [9.17, 15) is 9.59 Å². The molecule has 0 saturated carbocycles. The summed E-state index contributed by atoms with van der Waals surface area (Å²) in [5, 5.41) is 3.40. The zero-order chi connectivity index (χ0) is 17.7. The van der Waals surface area contributed by atoms with Crippen LogP contribution in [-0.4, -0.2) is 18.4 Å². The van der Waals surface area contributed by atoms with Crippen molar-refractivity contribution in [3.05, 3.63) is 58.6 Å². The Morgan fingerprint density at radius 2 is 1.75 bits per heavy atom. The first kappa shape index (κ1) is 18.0. The molecule has 0 aliphatic heterocycles. The summed E-state index contributed by atoms with van der Waals surface area (Å²) in [5.41, 5.74) is 3.55. The molecule has 0 radical (unpaired) electrons. The van der Waals surface area contributed by atoms with Gasteiger partial charge in [0, 0.05) is 36.3 Å². The van der Waals surface area contributed by atoms with Gasteiger partial charge in [0.25, 0.3) is 0 Å². The Morgan fingerprint density at radius 3 is 2.38 bits per heavy atom. The van der Waals surface area contributed by atoms with E-state index in [2.05, 4.69) is 5.32 Å². The van der Waals surface area contributed by atoms with Gasteiger partial charge in [0.05, 0.1) is 0 Å². The Labute approximate surface area is 147 Å². The van der Waals surface area contributed by atoms with E-state index >= 15 is 0 Å². The molecule has 0 unspecified atom stereocenters. The number of hydrogen-bond donors (Lipinski definition) is 1. The Balaban J connectivity index is 2.03. The predicted octanol–water partition coefficient (Wildman–Crippen LogP) is 4.34. The normalized spacial score (nSPS) is 10.3. The van der Waals surface area contributed by atoms with E-state index in [1.807, 2.05) is 44.2 Å². The van der Waals surface area contributed by atoms with Crippen molar-refractivity contribution in [2.75, 3.05) is 16.8 Å². The standard InChI is InChI=1S/C19H21ClN2O2/c1-13-4-8-17(9-5-13)21-19(24)10-11-22(15(3)23)18-12-16(20)7-6-14(18)2/h4-9,12H,10-11H2,1-3H3,(H,21,24). The average molecular weight is 345 g/mol. The minimum absolute atomic E-state index is 0.122. The zero-order valence-electron chi connectivity index (χ0n) is 14.1. The number of carbonyl (C=O) groups excluding carboxylic acids is 2. The molecule has 2 aromatic carbocycles. The molecule has 0 atom stereocenters. The molecule has 24 heavy (non-hydrogen) atoms. The molecule has 0 aliphatic carbocycles. The number of halogens is 1. The Hall–Kier alpha value is -2.33. The number of anilines is 2. The third-order valence-corrected chi connectivity index (χ3v) is 3.97. The van der Waals surface area contributed by atoms with Gasteiger partial charge in [-0.25, -0.2) is 0 Å². The number of amides is 2. The SMILES string of the molecule is CC(=O)N(CCC(=O)Nc1ccc(C)cc1)c1cc(Cl)ccc1C. The molecular weight excluding hydrogens is 324 g/mol. The first-order valence-corrected chi connectivity index (χ1v) is 8.15. The summed E-state index contributed by atoms with van der Waals surface area (Å²) in [7, 11) is 0. The second-order valence-electron chi connectivity index (χ2n) is 5.77. The van der Waals surface area contributed by atoms with Crippen LogP contribution in [0.3, 0.4) is 0 Å². The lowest BCUT2D eigenvalue weighted by Crippen LogP contribution is -2.32. The van der Waals surface area contributed by atoms with Gasteiger partial charge in [0.1, 0.15) is 0 Å². The summed E-state index contributed by atoms with van der Waals surface area (Å²) >= 11 is 6.03. The molecule has 0 saturated heterocycles. The highest BCUT2D eigenvalue weighted by molar-refractivity contribution is 6.31. The van der Waals surface area contributed by atoms with E-state index in [4.69, 9.17) is 11.6 Å². The molecule has 0 bridgehead atoms. The quantitative estimate of drug-likeness (QED) is 0.877. The number of hydrogen-bond acceptors (Lipinski definition) is 2. The molecule has 0 heterocycles. The van der Waals surface area contributed by atoms with Crippen molar-refractivity contribution in [2.45, 2.75) is 27.2 Å². The maximum absolute atomic E-state index is 12.1. The van der Waals surface area contributed by atoms with E-state index in [0.29, 0.717) is 11.6 Å². The average Bonchev–Trinajstić information content (AvgIpc) is 2.52. The molecule has 2 amide bonds. The second-order valence-corrected chi connectivity index (χ2v) is 6.20. The monoisotopic (exact) mass is 344 g/mol. The summed E-state index contributed by atoms with van der Waals surface area (Å²) in [6.45, 7) is 5.68. The van der Waals surface area contributed by atoms with Gasteiger partial charge < -0.3 is 10.2 Å². The molecule has 2 rings (SSSR count). The predicted molar refractivity (Wildman–Crippen MR) is 98.6 cm³/mol. The number of benzene rings is 2. The van der Waals surface area contributed by atoms with E-state index in [1.54, 1.807) is 17.0 Å².